The Morgan fingerprint density at radius 1 is 0.963 bits per heavy atom. The standard InChI is InChI=1S/C41H41ClN6O6/c1-41(2)34(18-35(41)54-29-8-5-25(19-43)32(42)17-29)44-37(50)24-3-6-28(7-4-24)47-13-11-23(12-14-47)20-46-21-26-15-30-31(16-27(26)22-46)40(53)48(39(30)52)33-9-10-36(49)45-38(33)51/h3-8,15-17,23,33-35H,9-14,18,20-22H2,1-2H3,(H,44,50)(H,45,49,51)/t33?,34-,35-/m0/s1. The molecule has 5 aliphatic rings. The van der Waals surface area contributed by atoms with E-state index in [0.717, 1.165) is 54.2 Å². The fourth-order valence-electron chi connectivity index (χ4n) is 8.53. The topological polar surface area (TPSA) is 152 Å². The van der Waals surface area contributed by atoms with Crippen LogP contribution in [0.4, 0.5) is 5.69 Å². The van der Waals surface area contributed by atoms with Crippen LogP contribution in [0.1, 0.15) is 93.7 Å². The lowest BCUT2D eigenvalue weighted by molar-refractivity contribution is -0.136. The van der Waals surface area contributed by atoms with Gasteiger partial charge in [-0.05, 0) is 84.8 Å². The van der Waals surface area contributed by atoms with Gasteiger partial charge in [-0.15, -0.1) is 0 Å². The van der Waals surface area contributed by atoms with E-state index in [2.05, 4.69) is 40.4 Å². The molecule has 0 bridgehead atoms. The second-order valence-electron chi connectivity index (χ2n) is 15.7. The number of hydrogen-bond acceptors (Lipinski definition) is 9. The number of halogens is 1. The fraction of sp³-hybridized carbons (Fsp3) is 0.415. The highest BCUT2D eigenvalue weighted by Crippen LogP contribution is 2.44. The summed E-state index contributed by atoms with van der Waals surface area (Å²) >= 11 is 6.17. The highest BCUT2D eigenvalue weighted by Gasteiger charge is 2.51. The van der Waals surface area contributed by atoms with Gasteiger partial charge in [0.2, 0.25) is 11.8 Å². The van der Waals surface area contributed by atoms with Gasteiger partial charge in [-0.2, -0.15) is 5.26 Å². The van der Waals surface area contributed by atoms with Crippen molar-refractivity contribution in [1.29, 1.82) is 5.26 Å². The first-order chi connectivity index (χ1) is 25.9. The van der Waals surface area contributed by atoms with Crippen LogP contribution in [0.5, 0.6) is 5.75 Å². The largest absolute Gasteiger partial charge is 0.490 e. The van der Waals surface area contributed by atoms with Gasteiger partial charge in [-0.3, -0.25) is 39.1 Å². The van der Waals surface area contributed by atoms with Crippen LogP contribution in [0.15, 0.2) is 54.6 Å². The molecule has 0 spiro atoms. The molecule has 8 rings (SSSR count). The van der Waals surface area contributed by atoms with Crippen LogP contribution in [-0.4, -0.2) is 77.2 Å². The van der Waals surface area contributed by atoms with Crippen molar-refractivity contribution in [1.82, 2.24) is 20.4 Å². The monoisotopic (exact) mass is 748 g/mol. The van der Waals surface area contributed by atoms with Crippen LogP contribution in [0.3, 0.4) is 0 Å². The van der Waals surface area contributed by atoms with E-state index < -0.39 is 29.7 Å². The number of nitrogens with zero attached hydrogens (tertiary/aromatic N) is 4. The first kappa shape index (κ1) is 35.8. The zero-order chi connectivity index (χ0) is 37.9. The lowest BCUT2D eigenvalue weighted by Gasteiger charge is -2.51. The normalized spacial score (nSPS) is 23.7. The molecule has 12 nitrogen and oxygen atoms in total. The summed E-state index contributed by atoms with van der Waals surface area (Å²) in [5, 5.41) is 14.9. The smallest absolute Gasteiger partial charge is 0.262 e. The number of carbonyl (C=O) groups excluding carboxylic acids is 5. The summed E-state index contributed by atoms with van der Waals surface area (Å²) < 4.78 is 6.16. The highest BCUT2D eigenvalue weighted by molar-refractivity contribution is 6.31. The average molecular weight is 749 g/mol. The van der Waals surface area contributed by atoms with Gasteiger partial charge < -0.3 is 15.0 Å². The summed E-state index contributed by atoms with van der Waals surface area (Å²) in [6, 6.07) is 17.5. The van der Waals surface area contributed by atoms with Crippen LogP contribution < -0.4 is 20.3 Å². The van der Waals surface area contributed by atoms with E-state index in [0.29, 0.717) is 58.5 Å². The molecule has 3 atom stereocenters. The van der Waals surface area contributed by atoms with Gasteiger partial charge in [-0.25, -0.2) is 0 Å². The zero-order valence-electron chi connectivity index (χ0n) is 30.2. The molecule has 13 heteroatoms. The van der Waals surface area contributed by atoms with Gasteiger partial charge in [0, 0.05) is 74.3 Å². The summed E-state index contributed by atoms with van der Waals surface area (Å²) in [6.45, 7) is 8.28. The van der Waals surface area contributed by atoms with Gasteiger partial charge >= 0.3 is 0 Å². The van der Waals surface area contributed by atoms with Crippen LogP contribution in [0.25, 0.3) is 0 Å². The predicted octanol–water partition coefficient (Wildman–Crippen LogP) is 4.82. The maximum Gasteiger partial charge on any atom is 0.262 e. The number of piperidine rings is 2. The minimum Gasteiger partial charge on any atom is -0.490 e. The number of rotatable bonds is 8. The third kappa shape index (κ3) is 6.49. The molecule has 1 aliphatic carbocycles. The molecule has 0 radical (unpaired) electrons. The molecule has 2 N–H and O–H groups in total. The number of anilines is 1. The summed E-state index contributed by atoms with van der Waals surface area (Å²) in [7, 11) is 0. The fourth-order valence-corrected chi connectivity index (χ4v) is 8.74. The van der Waals surface area contributed by atoms with E-state index in [1.165, 1.54) is 0 Å². The van der Waals surface area contributed by atoms with Crippen molar-refractivity contribution < 1.29 is 28.7 Å². The number of fused-ring (bicyclic) bond motifs is 2. The second-order valence-corrected chi connectivity index (χ2v) is 16.1. The van der Waals surface area contributed by atoms with Crippen molar-refractivity contribution >= 4 is 46.8 Å². The molecule has 5 amide bonds. The number of nitriles is 1. The van der Waals surface area contributed by atoms with E-state index in [1.54, 1.807) is 18.2 Å². The Labute approximate surface area is 318 Å². The van der Waals surface area contributed by atoms with Gasteiger partial charge in [0.15, 0.2) is 0 Å². The summed E-state index contributed by atoms with van der Waals surface area (Å²) in [4.78, 5) is 69.6. The SMILES string of the molecule is CC1(C)[C@@H](NC(=O)c2ccc(N3CCC(CN4Cc5cc6c(cc5C4)C(=O)N(C4CCC(=O)NC4=O)C6=O)CC3)cc2)C[C@@H]1Oc1ccc(C#N)c(Cl)c1. The minimum atomic E-state index is -0.964. The molecule has 54 heavy (non-hydrogen) atoms. The molecule has 1 saturated carbocycles. The third-order valence-electron chi connectivity index (χ3n) is 12.0. The van der Waals surface area contributed by atoms with E-state index >= 15 is 0 Å². The first-order valence-electron chi connectivity index (χ1n) is 18.5. The van der Waals surface area contributed by atoms with E-state index in [4.69, 9.17) is 21.6 Å². The van der Waals surface area contributed by atoms with Crippen LogP contribution in [0, 0.1) is 22.7 Å². The van der Waals surface area contributed by atoms with E-state index in [9.17, 15) is 24.0 Å². The number of imide groups is 2. The molecule has 0 aromatic heterocycles. The quantitative estimate of drug-likeness (QED) is 0.309. The average Bonchev–Trinajstić information content (AvgIpc) is 3.66. The summed E-state index contributed by atoms with van der Waals surface area (Å²) in [6.07, 6.45) is 2.85. The lowest BCUT2D eigenvalue weighted by atomic mass is 9.64. The molecule has 3 aromatic carbocycles. The van der Waals surface area contributed by atoms with Crippen LogP contribution in [-0.2, 0) is 22.7 Å². The number of carbonyl (C=O) groups is 5. The Kier molecular flexibility index (Phi) is 9.18. The molecule has 3 aromatic rings. The van der Waals surface area contributed by atoms with Crippen molar-refractivity contribution in [3.05, 3.63) is 93.0 Å². The Morgan fingerprint density at radius 2 is 1.63 bits per heavy atom. The Balaban J connectivity index is 0.802. The van der Waals surface area contributed by atoms with Crippen molar-refractivity contribution in [2.75, 3.05) is 24.5 Å². The zero-order valence-corrected chi connectivity index (χ0v) is 30.9. The maximum atomic E-state index is 13.3. The van der Waals surface area contributed by atoms with Crippen LogP contribution >= 0.6 is 11.6 Å². The third-order valence-corrected chi connectivity index (χ3v) is 12.3. The molecule has 1 unspecified atom stereocenters. The van der Waals surface area contributed by atoms with Gasteiger partial charge in [0.25, 0.3) is 17.7 Å². The van der Waals surface area contributed by atoms with Crippen LogP contribution in [0.2, 0.25) is 5.02 Å². The summed E-state index contributed by atoms with van der Waals surface area (Å²) in [5.74, 6) is -0.942. The predicted molar refractivity (Wildman–Crippen MR) is 199 cm³/mol. The molecule has 3 fully saturated rings. The van der Waals surface area contributed by atoms with Crippen molar-refractivity contribution in [3.8, 4) is 11.8 Å². The van der Waals surface area contributed by atoms with E-state index in [-0.39, 0.29) is 36.3 Å². The molecule has 4 heterocycles. The molecular weight excluding hydrogens is 708 g/mol. The molecular formula is C41H41ClN6O6. The number of amides is 5. The molecule has 278 valence electrons. The lowest BCUT2D eigenvalue weighted by Crippen LogP contribution is -2.63. The van der Waals surface area contributed by atoms with Gasteiger partial charge in [0.05, 0.1) is 21.7 Å². The number of ether oxygens (including phenoxy) is 1. The highest BCUT2D eigenvalue weighted by atomic mass is 35.5. The number of benzene rings is 3. The first-order valence-corrected chi connectivity index (χ1v) is 18.9. The van der Waals surface area contributed by atoms with Gasteiger partial charge in [0.1, 0.15) is 24.0 Å². The van der Waals surface area contributed by atoms with Gasteiger partial charge in [-0.1, -0.05) is 25.4 Å². The number of nitrogens with one attached hydrogen (secondary N) is 2. The second kappa shape index (κ2) is 13.9. The van der Waals surface area contributed by atoms with Crippen molar-refractivity contribution in [3.63, 3.8) is 0 Å². The Hall–Kier alpha value is -5.25. The van der Waals surface area contributed by atoms with Crippen molar-refractivity contribution in [2.24, 2.45) is 11.3 Å². The Morgan fingerprint density at radius 3 is 2.22 bits per heavy atom. The molecule has 2 saturated heterocycles. The summed E-state index contributed by atoms with van der Waals surface area (Å²) in [5.41, 5.74) is 4.54. The van der Waals surface area contributed by atoms with Crippen molar-refractivity contribution in [2.45, 2.75) is 77.2 Å². The van der Waals surface area contributed by atoms with E-state index in [1.807, 2.05) is 36.4 Å². The molecule has 4 aliphatic heterocycles. The number of hydrogen-bond donors (Lipinski definition) is 2. The minimum absolute atomic E-state index is 0.0489. The Bertz CT molecular complexity index is 2080. The maximum absolute atomic E-state index is 13.3.